The van der Waals surface area contributed by atoms with Gasteiger partial charge in [0, 0.05) is 30.4 Å². The molecule has 0 unspecified atom stereocenters. The first-order valence-corrected chi connectivity index (χ1v) is 9.63. The minimum Gasteiger partial charge on any atom is -0.366 e. The number of aryl methyl sites for hydroxylation is 2. The van der Waals surface area contributed by atoms with Crippen LogP contribution in [0, 0.1) is 6.92 Å². The van der Waals surface area contributed by atoms with Crippen molar-refractivity contribution in [2.75, 3.05) is 18.4 Å². The summed E-state index contributed by atoms with van der Waals surface area (Å²) in [5.41, 5.74) is 4.31. The van der Waals surface area contributed by atoms with E-state index in [1.165, 1.54) is 37.8 Å². The molecule has 25 heavy (non-hydrogen) atoms. The maximum Gasteiger partial charge on any atom is 0.133 e. The largest absolute Gasteiger partial charge is 0.366 e. The van der Waals surface area contributed by atoms with Crippen molar-refractivity contribution >= 4 is 5.82 Å². The van der Waals surface area contributed by atoms with Gasteiger partial charge in [-0.15, -0.1) is 0 Å². The average molecular weight is 336 g/mol. The van der Waals surface area contributed by atoms with Crippen molar-refractivity contribution in [2.45, 2.75) is 58.0 Å². The lowest BCUT2D eigenvalue weighted by Gasteiger charge is -2.37. The normalized spacial score (nSPS) is 21.3. The Bertz CT molecular complexity index is 717. The Labute approximate surface area is 150 Å². The van der Waals surface area contributed by atoms with Crippen molar-refractivity contribution in [3.63, 3.8) is 0 Å². The van der Waals surface area contributed by atoms with Crippen LogP contribution in [-0.4, -0.2) is 40.0 Å². The average Bonchev–Trinajstić information content (AvgIpc) is 3.06. The fourth-order valence-electron chi connectivity index (χ4n) is 4.32. The van der Waals surface area contributed by atoms with Crippen LogP contribution in [0.5, 0.6) is 0 Å². The monoisotopic (exact) mass is 336 g/mol. The summed E-state index contributed by atoms with van der Waals surface area (Å²) >= 11 is 0. The van der Waals surface area contributed by atoms with Gasteiger partial charge in [0.25, 0.3) is 0 Å². The summed E-state index contributed by atoms with van der Waals surface area (Å²) in [7, 11) is 0. The lowest BCUT2D eigenvalue weighted by Crippen LogP contribution is -2.47. The van der Waals surface area contributed by atoms with Gasteiger partial charge in [0.05, 0.1) is 0 Å². The molecule has 132 valence electrons. The summed E-state index contributed by atoms with van der Waals surface area (Å²) in [4.78, 5) is 11.7. The molecule has 0 bridgehead atoms. The minimum absolute atomic E-state index is 0.483. The summed E-state index contributed by atoms with van der Waals surface area (Å²) in [6, 6.07) is 10.1. The van der Waals surface area contributed by atoms with Gasteiger partial charge < -0.3 is 5.32 Å². The predicted octanol–water partition coefficient (Wildman–Crippen LogP) is 3.39. The van der Waals surface area contributed by atoms with Crippen molar-refractivity contribution in [2.24, 2.45) is 0 Å². The Morgan fingerprint density at radius 1 is 1.20 bits per heavy atom. The SMILES string of the molecule is CCc1cnc(C)nc1N[C@@H]1CCCN(C2Cc3ccccc3C2)C1. The molecular formula is C21H28N4. The zero-order valence-corrected chi connectivity index (χ0v) is 15.3. The fourth-order valence-corrected chi connectivity index (χ4v) is 4.32. The van der Waals surface area contributed by atoms with Crippen LogP contribution in [0.15, 0.2) is 30.5 Å². The van der Waals surface area contributed by atoms with E-state index >= 15 is 0 Å². The highest BCUT2D eigenvalue weighted by Crippen LogP contribution is 2.28. The third-order valence-electron chi connectivity index (χ3n) is 5.71. The molecule has 4 nitrogen and oxygen atoms in total. The molecule has 1 atom stereocenters. The number of aromatic nitrogens is 2. The highest BCUT2D eigenvalue weighted by Gasteiger charge is 2.30. The lowest BCUT2D eigenvalue weighted by molar-refractivity contribution is 0.158. The lowest BCUT2D eigenvalue weighted by atomic mass is 10.0. The van der Waals surface area contributed by atoms with E-state index in [1.807, 2.05) is 13.1 Å². The van der Waals surface area contributed by atoms with Crippen molar-refractivity contribution < 1.29 is 0 Å². The zero-order valence-electron chi connectivity index (χ0n) is 15.3. The van der Waals surface area contributed by atoms with E-state index in [-0.39, 0.29) is 0 Å². The van der Waals surface area contributed by atoms with E-state index < -0.39 is 0 Å². The Hall–Kier alpha value is -1.94. The van der Waals surface area contributed by atoms with Gasteiger partial charge in [-0.25, -0.2) is 9.97 Å². The first-order chi connectivity index (χ1) is 12.2. The first kappa shape index (κ1) is 16.5. The van der Waals surface area contributed by atoms with Gasteiger partial charge in [0.2, 0.25) is 0 Å². The molecular weight excluding hydrogens is 308 g/mol. The standard InChI is InChI=1S/C21H28N4/c1-3-16-13-22-15(2)23-21(16)24-19-9-6-10-25(14-19)20-11-17-7-4-5-8-18(17)12-20/h4-5,7-8,13,19-20H,3,6,9-12,14H2,1-2H3,(H,22,23,24)/t19-/m1/s1. The van der Waals surface area contributed by atoms with Gasteiger partial charge in [-0.3, -0.25) is 4.90 Å². The molecule has 1 aromatic heterocycles. The summed E-state index contributed by atoms with van der Waals surface area (Å²) in [5.74, 6) is 1.88. The maximum atomic E-state index is 4.65. The number of nitrogens with one attached hydrogen (secondary N) is 1. The first-order valence-electron chi connectivity index (χ1n) is 9.63. The molecule has 0 amide bonds. The number of anilines is 1. The molecule has 1 aromatic carbocycles. The van der Waals surface area contributed by atoms with Gasteiger partial charge >= 0.3 is 0 Å². The van der Waals surface area contributed by atoms with Crippen LogP contribution in [0.1, 0.15) is 42.3 Å². The Kier molecular flexibility index (Phi) is 4.71. The topological polar surface area (TPSA) is 41.1 Å². The number of hydrogen-bond acceptors (Lipinski definition) is 4. The van der Waals surface area contributed by atoms with Crippen molar-refractivity contribution in [3.8, 4) is 0 Å². The summed E-state index contributed by atoms with van der Waals surface area (Å²) in [6.07, 6.45) is 7.83. The number of nitrogens with zero attached hydrogens (tertiary/aromatic N) is 3. The van der Waals surface area contributed by atoms with Gasteiger partial charge in [0.15, 0.2) is 0 Å². The second-order valence-corrected chi connectivity index (χ2v) is 7.45. The number of rotatable bonds is 4. The fraction of sp³-hybridized carbons (Fsp3) is 0.524. The van der Waals surface area contributed by atoms with E-state index in [0.717, 1.165) is 24.6 Å². The highest BCUT2D eigenvalue weighted by molar-refractivity contribution is 5.44. The second kappa shape index (κ2) is 7.12. The zero-order chi connectivity index (χ0) is 17.2. The van der Waals surface area contributed by atoms with E-state index in [0.29, 0.717) is 12.1 Å². The molecule has 2 aromatic rings. The molecule has 2 heterocycles. The van der Waals surface area contributed by atoms with E-state index in [1.54, 1.807) is 11.1 Å². The third-order valence-corrected chi connectivity index (χ3v) is 5.71. The van der Waals surface area contributed by atoms with Crippen molar-refractivity contribution in [1.82, 2.24) is 14.9 Å². The Morgan fingerprint density at radius 2 is 1.96 bits per heavy atom. The van der Waals surface area contributed by atoms with Crippen LogP contribution in [0.25, 0.3) is 0 Å². The van der Waals surface area contributed by atoms with Crippen LogP contribution in [0.3, 0.4) is 0 Å². The molecule has 1 N–H and O–H groups in total. The van der Waals surface area contributed by atoms with Gasteiger partial charge in [-0.05, 0) is 56.7 Å². The number of likely N-dealkylation sites (tertiary alicyclic amines) is 1. The van der Waals surface area contributed by atoms with Crippen molar-refractivity contribution in [3.05, 3.63) is 53.0 Å². The molecule has 1 aliphatic heterocycles. The smallest absolute Gasteiger partial charge is 0.133 e. The third kappa shape index (κ3) is 3.54. The van der Waals surface area contributed by atoms with Gasteiger partial charge in [0.1, 0.15) is 11.6 Å². The molecule has 2 aliphatic rings. The molecule has 0 saturated carbocycles. The second-order valence-electron chi connectivity index (χ2n) is 7.45. The Morgan fingerprint density at radius 3 is 2.68 bits per heavy atom. The minimum atomic E-state index is 0.483. The van der Waals surface area contributed by atoms with Crippen LogP contribution in [0.2, 0.25) is 0 Å². The maximum absolute atomic E-state index is 4.65. The molecule has 1 fully saturated rings. The highest BCUT2D eigenvalue weighted by atomic mass is 15.2. The van der Waals surface area contributed by atoms with Crippen LogP contribution in [-0.2, 0) is 19.3 Å². The number of benzene rings is 1. The quantitative estimate of drug-likeness (QED) is 0.929. The van der Waals surface area contributed by atoms with Crippen LogP contribution in [0.4, 0.5) is 5.82 Å². The summed E-state index contributed by atoms with van der Waals surface area (Å²) in [6.45, 7) is 6.47. The van der Waals surface area contributed by atoms with Crippen LogP contribution >= 0.6 is 0 Å². The van der Waals surface area contributed by atoms with Gasteiger partial charge in [-0.1, -0.05) is 31.2 Å². The summed E-state index contributed by atoms with van der Waals surface area (Å²) < 4.78 is 0. The van der Waals surface area contributed by atoms with Crippen LogP contribution < -0.4 is 5.32 Å². The number of fused-ring (bicyclic) bond motifs is 1. The van der Waals surface area contributed by atoms with E-state index in [2.05, 4.69) is 51.4 Å². The summed E-state index contributed by atoms with van der Waals surface area (Å²) in [5, 5.41) is 3.72. The number of piperidine rings is 1. The molecule has 0 radical (unpaired) electrons. The van der Waals surface area contributed by atoms with Crippen molar-refractivity contribution in [1.29, 1.82) is 0 Å². The predicted molar refractivity (Wildman–Crippen MR) is 102 cm³/mol. The molecule has 0 spiro atoms. The molecule has 1 saturated heterocycles. The molecule has 4 rings (SSSR count). The molecule has 4 heteroatoms. The Balaban J connectivity index is 1.43. The van der Waals surface area contributed by atoms with E-state index in [9.17, 15) is 0 Å². The number of hydrogen-bond donors (Lipinski definition) is 1. The molecule has 1 aliphatic carbocycles. The van der Waals surface area contributed by atoms with Gasteiger partial charge in [-0.2, -0.15) is 0 Å². The van der Waals surface area contributed by atoms with E-state index in [4.69, 9.17) is 0 Å².